The van der Waals surface area contributed by atoms with Crippen molar-refractivity contribution in [3.8, 4) is 11.5 Å². The minimum atomic E-state index is 0. The molecule has 0 fully saturated rings. The van der Waals surface area contributed by atoms with E-state index >= 15 is 0 Å². The number of phenols is 2. The van der Waals surface area contributed by atoms with Crippen molar-refractivity contribution in [2.45, 2.75) is 0 Å². The molecule has 0 aliphatic heterocycles. The van der Waals surface area contributed by atoms with Crippen LogP contribution in [0.5, 0.6) is 11.5 Å². The van der Waals surface area contributed by atoms with Gasteiger partial charge in [-0.1, -0.05) is 36.4 Å². The maximum absolute atomic E-state index is 8.63. The van der Waals surface area contributed by atoms with Crippen LogP contribution in [0.4, 0.5) is 0 Å². The molecule has 0 spiro atoms. The number of rotatable bonds is 0. The van der Waals surface area contributed by atoms with E-state index in [-0.39, 0.29) is 46.5 Å². The van der Waals surface area contributed by atoms with E-state index in [1.54, 1.807) is 48.5 Å². The monoisotopic (exact) mass is 308 g/mol. The summed E-state index contributed by atoms with van der Waals surface area (Å²) >= 11 is 0. The third kappa shape index (κ3) is 11.6. The van der Waals surface area contributed by atoms with Crippen LogP contribution in [0.15, 0.2) is 60.7 Å². The largest absolute Gasteiger partial charge is 0.508 e. The smallest absolute Gasteiger partial charge is 0.115 e. The molecule has 92 valence electrons. The summed E-state index contributed by atoms with van der Waals surface area (Å²) in [5.74, 6) is 0.644. The van der Waals surface area contributed by atoms with E-state index in [0.717, 1.165) is 0 Å². The Hall–Kier alpha value is -0.666. The molecular formula is C12H14Cl2O2Ti. The van der Waals surface area contributed by atoms with Gasteiger partial charge >= 0.3 is 0 Å². The Morgan fingerprint density at radius 1 is 0.529 bits per heavy atom. The third-order valence-corrected chi connectivity index (χ3v) is 1.51. The Bertz CT molecular complexity index is 320. The third-order valence-electron chi connectivity index (χ3n) is 1.51. The van der Waals surface area contributed by atoms with Crippen LogP contribution in [0.3, 0.4) is 0 Å². The molecule has 0 aliphatic carbocycles. The van der Waals surface area contributed by atoms with Crippen LogP contribution in [0.25, 0.3) is 0 Å². The van der Waals surface area contributed by atoms with Gasteiger partial charge in [-0.15, -0.1) is 24.8 Å². The number of halogens is 2. The average Bonchev–Trinajstić information content (AvgIpc) is 2.21. The first-order valence-corrected chi connectivity index (χ1v) is 4.27. The number of benzene rings is 2. The van der Waals surface area contributed by atoms with E-state index in [1.807, 2.05) is 12.1 Å². The van der Waals surface area contributed by atoms with Gasteiger partial charge in [0.1, 0.15) is 11.5 Å². The second kappa shape index (κ2) is 13.4. The van der Waals surface area contributed by atoms with Gasteiger partial charge in [0.05, 0.1) is 0 Å². The Labute approximate surface area is 128 Å². The molecule has 0 heterocycles. The first kappa shape index (κ1) is 21.6. The zero-order valence-corrected chi connectivity index (χ0v) is 12.2. The molecule has 0 aliphatic rings. The van der Waals surface area contributed by atoms with Gasteiger partial charge in [0, 0.05) is 21.7 Å². The van der Waals surface area contributed by atoms with E-state index in [9.17, 15) is 0 Å². The minimum Gasteiger partial charge on any atom is -0.508 e. The quantitative estimate of drug-likeness (QED) is 0.730. The summed E-state index contributed by atoms with van der Waals surface area (Å²) in [5, 5.41) is 17.3. The van der Waals surface area contributed by atoms with Crippen molar-refractivity contribution in [2.24, 2.45) is 0 Å². The van der Waals surface area contributed by atoms with Crippen molar-refractivity contribution < 1.29 is 31.9 Å². The van der Waals surface area contributed by atoms with Gasteiger partial charge in [0.15, 0.2) is 0 Å². The van der Waals surface area contributed by atoms with E-state index in [1.165, 1.54) is 0 Å². The van der Waals surface area contributed by atoms with Crippen molar-refractivity contribution in [2.75, 3.05) is 0 Å². The summed E-state index contributed by atoms with van der Waals surface area (Å²) in [6, 6.07) is 17.4. The van der Waals surface area contributed by atoms with Crippen LogP contribution < -0.4 is 0 Å². The van der Waals surface area contributed by atoms with Crippen molar-refractivity contribution in [3.05, 3.63) is 60.7 Å². The topological polar surface area (TPSA) is 40.5 Å². The molecule has 2 aromatic carbocycles. The maximum Gasteiger partial charge on any atom is 0.115 e. The molecule has 0 saturated carbocycles. The molecule has 2 nitrogen and oxygen atoms in total. The summed E-state index contributed by atoms with van der Waals surface area (Å²) in [6.45, 7) is 0. The molecule has 17 heavy (non-hydrogen) atoms. The molecule has 2 aromatic rings. The van der Waals surface area contributed by atoms with Crippen molar-refractivity contribution in [3.63, 3.8) is 0 Å². The predicted octanol–water partition coefficient (Wildman–Crippen LogP) is 3.63. The summed E-state index contributed by atoms with van der Waals surface area (Å²) in [5.41, 5.74) is 0. The summed E-state index contributed by atoms with van der Waals surface area (Å²) in [7, 11) is 0. The molecule has 5 heteroatoms. The fourth-order valence-corrected chi connectivity index (χ4v) is 0.856. The molecule has 0 bridgehead atoms. The Morgan fingerprint density at radius 3 is 0.882 bits per heavy atom. The molecule has 0 saturated heterocycles. The number of aromatic hydroxyl groups is 2. The first-order valence-electron chi connectivity index (χ1n) is 4.27. The van der Waals surface area contributed by atoms with E-state index < -0.39 is 0 Å². The molecular weight excluding hydrogens is 295 g/mol. The summed E-state index contributed by atoms with van der Waals surface area (Å²) in [4.78, 5) is 0. The van der Waals surface area contributed by atoms with Crippen LogP contribution >= 0.6 is 24.8 Å². The van der Waals surface area contributed by atoms with Gasteiger partial charge in [-0.05, 0) is 24.3 Å². The SMILES string of the molecule is Cl.Cl.Oc1ccccc1.Oc1ccccc1.[Ti]. The fraction of sp³-hybridized carbons (Fsp3) is 0. The van der Waals surface area contributed by atoms with Crippen LogP contribution in [0.2, 0.25) is 0 Å². The average molecular weight is 309 g/mol. The zero-order valence-electron chi connectivity index (χ0n) is 8.98. The van der Waals surface area contributed by atoms with Crippen LogP contribution in [-0.2, 0) is 21.7 Å². The minimum absolute atomic E-state index is 0. The van der Waals surface area contributed by atoms with Crippen LogP contribution in [0.1, 0.15) is 0 Å². The van der Waals surface area contributed by atoms with Crippen LogP contribution in [-0.4, -0.2) is 10.2 Å². The van der Waals surface area contributed by atoms with E-state index in [2.05, 4.69) is 0 Å². The Balaban J connectivity index is -0.000000196. The van der Waals surface area contributed by atoms with Gasteiger partial charge in [0.2, 0.25) is 0 Å². The van der Waals surface area contributed by atoms with Gasteiger partial charge in [-0.2, -0.15) is 0 Å². The fourth-order valence-electron chi connectivity index (χ4n) is 0.856. The normalized spacial score (nSPS) is 7.06. The molecule has 0 radical (unpaired) electrons. The predicted molar refractivity (Wildman–Crippen MR) is 70.7 cm³/mol. The molecule has 2 rings (SSSR count). The summed E-state index contributed by atoms with van der Waals surface area (Å²) in [6.07, 6.45) is 0. The second-order valence-electron chi connectivity index (χ2n) is 2.67. The first-order chi connectivity index (χ1) is 6.79. The summed E-state index contributed by atoms with van der Waals surface area (Å²) < 4.78 is 0. The molecule has 0 amide bonds. The molecule has 0 aromatic heterocycles. The Morgan fingerprint density at radius 2 is 0.765 bits per heavy atom. The Kier molecular flexibility index (Phi) is 17.0. The van der Waals surface area contributed by atoms with Gasteiger partial charge in [-0.3, -0.25) is 0 Å². The standard InChI is InChI=1S/2C6H6O.2ClH.Ti/c2*7-6-4-2-1-3-5-6;;;/h2*1-5,7H;2*1H;. The van der Waals surface area contributed by atoms with Crippen molar-refractivity contribution in [1.29, 1.82) is 0 Å². The van der Waals surface area contributed by atoms with E-state index in [0.29, 0.717) is 11.5 Å². The second-order valence-corrected chi connectivity index (χ2v) is 2.67. The maximum atomic E-state index is 8.63. The number of para-hydroxylation sites is 2. The zero-order chi connectivity index (χ0) is 10.2. The molecule has 2 N–H and O–H groups in total. The van der Waals surface area contributed by atoms with Gasteiger partial charge < -0.3 is 10.2 Å². The van der Waals surface area contributed by atoms with Crippen molar-refractivity contribution in [1.82, 2.24) is 0 Å². The van der Waals surface area contributed by atoms with Gasteiger partial charge in [-0.25, -0.2) is 0 Å². The molecule has 0 unspecified atom stereocenters. The van der Waals surface area contributed by atoms with E-state index in [4.69, 9.17) is 10.2 Å². The molecule has 0 atom stereocenters. The number of hydrogen-bond donors (Lipinski definition) is 2. The van der Waals surface area contributed by atoms with Gasteiger partial charge in [0.25, 0.3) is 0 Å². The van der Waals surface area contributed by atoms with Crippen molar-refractivity contribution >= 4 is 24.8 Å². The number of phenolic OH excluding ortho intramolecular Hbond substituents is 2. The number of hydrogen-bond acceptors (Lipinski definition) is 2. The van der Waals surface area contributed by atoms with Crippen LogP contribution in [0, 0.1) is 0 Å².